The van der Waals surface area contributed by atoms with E-state index < -0.39 is 6.10 Å². The molecule has 1 aromatic rings. The first-order valence-corrected chi connectivity index (χ1v) is 6.07. The Kier molecular flexibility index (Phi) is 5.51. The van der Waals surface area contributed by atoms with Crippen LogP contribution in [-0.2, 0) is 4.74 Å². The third-order valence-electron chi connectivity index (χ3n) is 1.73. The van der Waals surface area contributed by atoms with Crippen LogP contribution in [0.15, 0.2) is 17.4 Å². The molecule has 1 rings (SSSR count). The van der Waals surface area contributed by atoms with Gasteiger partial charge in [-0.05, 0) is 13.8 Å². The molecule has 0 aliphatic heterocycles. The van der Waals surface area contributed by atoms with Crippen LogP contribution in [0.5, 0.6) is 0 Å². The Bertz CT molecular complexity index is 323. The molecule has 0 amide bonds. The van der Waals surface area contributed by atoms with Gasteiger partial charge in [-0.15, -0.1) is 0 Å². The van der Waals surface area contributed by atoms with Crippen LogP contribution in [0.4, 0.5) is 5.82 Å². The number of hydrogen-bond acceptors (Lipinski definition) is 6. The summed E-state index contributed by atoms with van der Waals surface area (Å²) < 4.78 is 5.29. The maximum Gasteiger partial charge on any atom is 0.156 e. The van der Waals surface area contributed by atoms with Gasteiger partial charge in [0, 0.05) is 18.1 Å². The van der Waals surface area contributed by atoms with Crippen molar-refractivity contribution in [1.29, 1.82) is 0 Å². The van der Waals surface area contributed by atoms with Gasteiger partial charge in [-0.2, -0.15) is 0 Å². The molecule has 0 aromatic carbocycles. The summed E-state index contributed by atoms with van der Waals surface area (Å²) in [5.74, 6) is 0.889. The summed E-state index contributed by atoms with van der Waals surface area (Å²) in [4.78, 5) is 7.98. The van der Waals surface area contributed by atoms with Crippen LogP contribution in [-0.4, -0.2) is 39.6 Å². The minimum absolute atomic E-state index is 0.126. The quantitative estimate of drug-likeness (QED) is 0.724. The Hall–Kier alpha value is -0.850. The van der Waals surface area contributed by atoms with Crippen molar-refractivity contribution in [3.8, 4) is 0 Å². The van der Waals surface area contributed by atoms with Gasteiger partial charge in [0.2, 0.25) is 0 Å². The highest BCUT2D eigenvalue weighted by atomic mass is 32.2. The molecule has 0 aliphatic carbocycles. The number of aromatic nitrogens is 2. The van der Waals surface area contributed by atoms with Crippen molar-refractivity contribution >= 4 is 17.6 Å². The molecule has 0 fully saturated rings. The standard InChI is InChI=1S/C10H17N3O2S/c1-7(2)15-5-8(14)6-16-10-9(11)12-3-4-13-10/h3-4,7-8,14H,5-6H2,1-2H3,(H2,11,12). The van der Waals surface area contributed by atoms with Crippen LogP contribution in [0.1, 0.15) is 13.8 Å². The highest BCUT2D eigenvalue weighted by Gasteiger charge is 2.09. The van der Waals surface area contributed by atoms with E-state index in [9.17, 15) is 5.11 Å². The number of hydrogen-bond donors (Lipinski definition) is 2. The predicted octanol–water partition coefficient (Wildman–Crippen LogP) is 0.937. The summed E-state index contributed by atoms with van der Waals surface area (Å²) in [7, 11) is 0. The van der Waals surface area contributed by atoms with Gasteiger partial charge in [-0.1, -0.05) is 11.8 Å². The average molecular weight is 243 g/mol. The monoisotopic (exact) mass is 243 g/mol. The highest BCUT2D eigenvalue weighted by Crippen LogP contribution is 2.20. The molecule has 3 N–H and O–H groups in total. The van der Waals surface area contributed by atoms with Crippen molar-refractivity contribution in [1.82, 2.24) is 9.97 Å². The molecule has 90 valence electrons. The average Bonchev–Trinajstić information content (AvgIpc) is 2.25. The molecule has 6 heteroatoms. The zero-order valence-electron chi connectivity index (χ0n) is 9.46. The molecule has 0 radical (unpaired) electrons. The lowest BCUT2D eigenvalue weighted by Crippen LogP contribution is -2.20. The summed E-state index contributed by atoms with van der Waals surface area (Å²) in [5.41, 5.74) is 5.62. The summed E-state index contributed by atoms with van der Waals surface area (Å²) >= 11 is 1.38. The SMILES string of the molecule is CC(C)OCC(O)CSc1nccnc1N. The third kappa shape index (κ3) is 4.78. The second-order valence-corrected chi connectivity index (χ2v) is 4.60. The first-order valence-electron chi connectivity index (χ1n) is 5.08. The largest absolute Gasteiger partial charge is 0.390 e. The topological polar surface area (TPSA) is 81.3 Å². The van der Waals surface area contributed by atoms with Crippen molar-refractivity contribution < 1.29 is 9.84 Å². The minimum atomic E-state index is -0.520. The summed E-state index contributed by atoms with van der Waals surface area (Å²) in [5, 5.41) is 10.3. The Balaban J connectivity index is 2.31. The molecule has 5 nitrogen and oxygen atoms in total. The first-order chi connectivity index (χ1) is 7.59. The molecule has 0 spiro atoms. The molecular formula is C10H17N3O2S. The molecule has 0 aliphatic rings. The first kappa shape index (κ1) is 13.2. The summed E-state index contributed by atoms with van der Waals surface area (Å²) in [6.07, 6.45) is 2.72. The van der Waals surface area contributed by atoms with Gasteiger partial charge in [0.05, 0.1) is 18.8 Å². The number of aliphatic hydroxyl groups is 1. The zero-order valence-corrected chi connectivity index (χ0v) is 10.3. The van der Waals surface area contributed by atoms with E-state index in [1.165, 1.54) is 18.0 Å². The summed E-state index contributed by atoms with van der Waals surface area (Å²) in [6, 6.07) is 0. The van der Waals surface area contributed by atoms with E-state index in [-0.39, 0.29) is 6.10 Å². The van der Waals surface area contributed by atoms with Crippen LogP contribution in [0.25, 0.3) is 0 Å². The lowest BCUT2D eigenvalue weighted by atomic mass is 10.4. The van der Waals surface area contributed by atoms with E-state index >= 15 is 0 Å². The second kappa shape index (κ2) is 6.67. The number of ether oxygens (including phenoxy) is 1. The van der Waals surface area contributed by atoms with Gasteiger partial charge in [0.1, 0.15) is 5.03 Å². The number of nitrogens with zero attached hydrogens (tertiary/aromatic N) is 2. The molecule has 0 saturated carbocycles. The molecule has 1 aromatic heterocycles. The van der Waals surface area contributed by atoms with E-state index in [1.54, 1.807) is 6.20 Å². The van der Waals surface area contributed by atoms with Crippen molar-refractivity contribution in [3.63, 3.8) is 0 Å². The lowest BCUT2D eigenvalue weighted by molar-refractivity contribution is 0.0152. The van der Waals surface area contributed by atoms with Gasteiger partial charge in [-0.3, -0.25) is 0 Å². The molecule has 1 heterocycles. The fraction of sp³-hybridized carbons (Fsp3) is 0.600. The van der Waals surface area contributed by atoms with Crippen LogP contribution >= 0.6 is 11.8 Å². The molecule has 16 heavy (non-hydrogen) atoms. The normalized spacial score (nSPS) is 13.0. The Morgan fingerprint density at radius 3 is 2.75 bits per heavy atom. The Labute approximate surface area is 99.4 Å². The summed E-state index contributed by atoms with van der Waals surface area (Å²) in [6.45, 7) is 4.19. The van der Waals surface area contributed by atoms with Gasteiger partial charge in [0.15, 0.2) is 5.82 Å². The fourth-order valence-corrected chi connectivity index (χ4v) is 1.76. The van der Waals surface area contributed by atoms with Crippen LogP contribution in [0.2, 0.25) is 0 Å². The van der Waals surface area contributed by atoms with Crippen molar-refractivity contribution in [2.24, 2.45) is 0 Å². The molecule has 1 unspecified atom stereocenters. The van der Waals surface area contributed by atoms with Crippen LogP contribution < -0.4 is 5.73 Å². The number of thioether (sulfide) groups is 1. The van der Waals surface area contributed by atoms with Gasteiger partial charge in [-0.25, -0.2) is 9.97 Å². The zero-order chi connectivity index (χ0) is 12.0. The second-order valence-electron chi connectivity index (χ2n) is 3.59. The number of nitrogen functional groups attached to an aromatic ring is 1. The Morgan fingerprint density at radius 1 is 1.44 bits per heavy atom. The van der Waals surface area contributed by atoms with E-state index in [0.29, 0.717) is 23.2 Å². The number of aliphatic hydroxyl groups excluding tert-OH is 1. The lowest BCUT2D eigenvalue weighted by Gasteiger charge is -2.12. The Morgan fingerprint density at radius 2 is 2.12 bits per heavy atom. The third-order valence-corrected chi connectivity index (χ3v) is 2.87. The van der Waals surface area contributed by atoms with Gasteiger partial charge >= 0.3 is 0 Å². The molecular weight excluding hydrogens is 226 g/mol. The van der Waals surface area contributed by atoms with Gasteiger partial charge < -0.3 is 15.6 Å². The molecule has 0 saturated heterocycles. The molecule has 0 bridgehead atoms. The maximum atomic E-state index is 9.62. The molecule has 1 atom stereocenters. The number of anilines is 1. The number of rotatable bonds is 6. The smallest absolute Gasteiger partial charge is 0.156 e. The number of nitrogens with two attached hydrogens (primary N) is 1. The van der Waals surface area contributed by atoms with E-state index in [0.717, 1.165) is 0 Å². The van der Waals surface area contributed by atoms with E-state index in [4.69, 9.17) is 10.5 Å². The maximum absolute atomic E-state index is 9.62. The van der Waals surface area contributed by atoms with E-state index in [1.807, 2.05) is 13.8 Å². The minimum Gasteiger partial charge on any atom is -0.390 e. The van der Waals surface area contributed by atoms with Crippen LogP contribution in [0.3, 0.4) is 0 Å². The fourth-order valence-electron chi connectivity index (χ4n) is 0.974. The highest BCUT2D eigenvalue weighted by molar-refractivity contribution is 7.99. The van der Waals surface area contributed by atoms with Crippen LogP contribution in [0, 0.1) is 0 Å². The van der Waals surface area contributed by atoms with Crippen molar-refractivity contribution in [2.45, 2.75) is 31.1 Å². The van der Waals surface area contributed by atoms with Crippen molar-refractivity contribution in [3.05, 3.63) is 12.4 Å². The predicted molar refractivity (Wildman–Crippen MR) is 64.3 cm³/mol. The van der Waals surface area contributed by atoms with Crippen molar-refractivity contribution in [2.75, 3.05) is 18.1 Å². The van der Waals surface area contributed by atoms with Gasteiger partial charge in [0.25, 0.3) is 0 Å². The van der Waals surface area contributed by atoms with E-state index in [2.05, 4.69) is 9.97 Å².